The van der Waals surface area contributed by atoms with Gasteiger partial charge in [0.2, 0.25) is 0 Å². The number of hydrogen-bond acceptors (Lipinski definition) is 7. The SMILES string of the molecule is Cc1nc(C)c(COC(=O)[C@]23CCC(C)(C)C[C@H]2C2=CC[C@@H]4[C@@]5(C)CC[C@H](OC(=O)[C@H](C)N)C(C)(C)[C@@H]5CC[C@@]4(C)[C@]2(C)CC3)nc1C. The number of ether oxygens (including phenoxy) is 2. The van der Waals surface area contributed by atoms with E-state index in [1.54, 1.807) is 12.5 Å². The summed E-state index contributed by atoms with van der Waals surface area (Å²) in [5.41, 5.74) is 10.7. The van der Waals surface area contributed by atoms with E-state index in [4.69, 9.17) is 20.2 Å². The zero-order chi connectivity index (χ0) is 35.2. The summed E-state index contributed by atoms with van der Waals surface area (Å²) in [5.74, 6) is 0.864. The molecule has 1 aromatic rings. The number of rotatable bonds is 5. The molecule has 0 saturated heterocycles. The summed E-state index contributed by atoms with van der Waals surface area (Å²) >= 11 is 0. The summed E-state index contributed by atoms with van der Waals surface area (Å²) in [6, 6.07) is -0.601. The van der Waals surface area contributed by atoms with Gasteiger partial charge in [-0.25, -0.2) is 0 Å². The zero-order valence-corrected chi connectivity index (χ0v) is 31.8. The van der Waals surface area contributed by atoms with Gasteiger partial charge in [-0.1, -0.05) is 60.1 Å². The highest BCUT2D eigenvalue weighted by Crippen LogP contribution is 2.76. The minimum absolute atomic E-state index is 0.0182. The molecule has 0 amide bonds. The van der Waals surface area contributed by atoms with Crippen molar-refractivity contribution in [2.45, 2.75) is 159 Å². The van der Waals surface area contributed by atoms with Crippen molar-refractivity contribution in [3.8, 4) is 0 Å². The Morgan fingerprint density at radius 3 is 2.23 bits per heavy atom. The molecule has 2 N–H and O–H groups in total. The molecule has 0 aliphatic heterocycles. The molecular weight excluding hydrogens is 598 g/mol. The molecule has 0 unspecified atom stereocenters. The number of fused-ring (bicyclic) bond motifs is 7. The van der Waals surface area contributed by atoms with Crippen molar-refractivity contribution in [1.29, 1.82) is 0 Å². The minimum Gasteiger partial charge on any atom is -0.461 e. The largest absolute Gasteiger partial charge is 0.461 e. The standard InChI is InChI=1S/C41H63N3O4/c1-24(42)34(45)48-33-15-16-38(9)31(37(33,7)8)14-17-40(11)32(38)13-12-28-29-22-36(5,6)18-20-41(29,21-19-39(28,40)10)35(46)47-23-30-27(4)43-25(2)26(3)44-30/h12,24,29,31-33H,13-23,42H2,1-11H3/t24-,29-,31-,32+,33-,38-,39+,40+,41-/m0/s1. The Morgan fingerprint density at radius 2 is 1.54 bits per heavy atom. The maximum atomic E-state index is 14.5. The fourth-order valence-corrected chi connectivity index (χ4v) is 12.2. The molecule has 7 heteroatoms. The molecule has 0 spiro atoms. The number of nitrogens with zero attached hydrogens (tertiary/aromatic N) is 2. The lowest BCUT2D eigenvalue weighted by Crippen LogP contribution is -2.65. The highest BCUT2D eigenvalue weighted by Gasteiger charge is 2.69. The monoisotopic (exact) mass is 661 g/mol. The Balaban J connectivity index is 1.31. The average Bonchev–Trinajstić information content (AvgIpc) is 2.99. The number of aromatic nitrogens is 2. The Bertz CT molecular complexity index is 1510. The summed E-state index contributed by atoms with van der Waals surface area (Å²) in [6.07, 6.45) is 12.6. The van der Waals surface area contributed by atoms with Crippen LogP contribution in [0.25, 0.3) is 0 Å². The minimum atomic E-state index is -0.601. The van der Waals surface area contributed by atoms with Crippen LogP contribution in [0.2, 0.25) is 0 Å². The quantitative estimate of drug-likeness (QED) is 0.249. The van der Waals surface area contributed by atoms with Crippen LogP contribution in [-0.4, -0.2) is 34.1 Å². The van der Waals surface area contributed by atoms with Crippen molar-refractivity contribution in [3.05, 3.63) is 34.4 Å². The molecule has 266 valence electrons. The summed E-state index contributed by atoms with van der Waals surface area (Å²) < 4.78 is 12.3. The fourth-order valence-electron chi connectivity index (χ4n) is 12.2. The van der Waals surface area contributed by atoms with Crippen molar-refractivity contribution in [2.24, 2.45) is 56.0 Å². The Labute approximate surface area is 290 Å². The summed E-state index contributed by atoms with van der Waals surface area (Å²) in [7, 11) is 0. The van der Waals surface area contributed by atoms with Gasteiger partial charge in [0.15, 0.2) is 0 Å². The molecule has 7 nitrogen and oxygen atoms in total. The molecule has 5 aliphatic carbocycles. The van der Waals surface area contributed by atoms with Gasteiger partial charge in [-0.05, 0) is 131 Å². The number of hydrogen-bond donors (Lipinski definition) is 1. The third-order valence-corrected chi connectivity index (χ3v) is 15.5. The van der Waals surface area contributed by atoms with Gasteiger partial charge in [0.1, 0.15) is 18.8 Å². The van der Waals surface area contributed by atoms with Gasteiger partial charge in [0.05, 0.1) is 28.2 Å². The van der Waals surface area contributed by atoms with Crippen LogP contribution in [0.4, 0.5) is 0 Å². The molecule has 48 heavy (non-hydrogen) atoms. The van der Waals surface area contributed by atoms with Gasteiger partial charge in [-0.15, -0.1) is 0 Å². The molecule has 4 fully saturated rings. The second-order valence-electron chi connectivity index (χ2n) is 18.9. The molecule has 0 bridgehead atoms. The number of carbonyl (C=O) groups excluding carboxylic acids is 2. The first-order valence-electron chi connectivity index (χ1n) is 18.9. The second kappa shape index (κ2) is 11.6. The van der Waals surface area contributed by atoms with Gasteiger partial charge >= 0.3 is 11.9 Å². The van der Waals surface area contributed by atoms with E-state index in [1.807, 2.05) is 20.8 Å². The molecule has 9 atom stereocenters. The molecular formula is C41H63N3O4. The highest BCUT2D eigenvalue weighted by molar-refractivity contribution is 5.79. The van der Waals surface area contributed by atoms with Crippen molar-refractivity contribution >= 4 is 11.9 Å². The molecule has 0 aromatic carbocycles. The van der Waals surface area contributed by atoms with E-state index in [0.29, 0.717) is 11.8 Å². The average molecular weight is 662 g/mol. The van der Waals surface area contributed by atoms with Gasteiger partial charge in [0, 0.05) is 5.41 Å². The lowest BCUT2D eigenvalue weighted by molar-refractivity contribution is -0.214. The maximum absolute atomic E-state index is 14.5. The lowest BCUT2D eigenvalue weighted by Gasteiger charge is -2.71. The number of esters is 2. The molecule has 4 saturated carbocycles. The van der Waals surface area contributed by atoms with Crippen molar-refractivity contribution < 1.29 is 19.1 Å². The van der Waals surface area contributed by atoms with Crippen LogP contribution in [0.3, 0.4) is 0 Å². The first-order valence-corrected chi connectivity index (χ1v) is 18.9. The van der Waals surface area contributed by atoms with Crippen LogP contribution < -0.4 is 5.73 Å². The Kier molecular flexibility index (Phi) is 8.61. The smallest absolute Gasteiger partial charge is 0.322 e. The van der Waals surface area contributed by atoms with Crippen LogP contribution in [0.15, 0.2) is 11.6 Å². The lowest BCUT2D eigenvalue weighted by atomic mass is 9.33. The van der Waals surface area contributed by atoms with Crippen molar-refractivity contribution in [1.82, 2.24) is 9.97 Å². The van der Waals surface area contributed by atoms with E-state index in [-0.39, 0.29) is 57.6 Å². The fraction of sp³-hybridized carbons (Fsp3) is 0.805. The maximum Gasteiger partial charge on any atom is 0.322 e. The number of aryl methyl sites for hydroxylation is 3. The van der Waals surface area contributed by atoms with Crippen LogP contribution >= 0.6 is 0 Å². The first kappa shape index (κ1) is 35.5. The van der Waals surface area contributed by atoms with Gasteiger partial charge in [-0.3, -0.25) is 19.6 Å². The Morgan fingerprint density at radius 1 is 0.875 bits per heavy atom. The van der Waals surface area contributed by atoms with E-state index in [2.05, 4.69) is 59.5 Å². The third kappa shape index (κ3) is 5.21. The summed E-state index contributed by atoms with van der Waals surface area (Å²) in [4.78, 5) is 36.5. The van der Waals surface area contributed by atoms with E-state index in [0.717, 1.165) is 87.0 Å². The second-order valence-corrected chi connectivity index (χ2v) is 18.9. The first-order chi connectivity index (χ1) is 22.2. The molecule has 6 rings (SSSR count). The summed E-state index contributed by atoms with van der Waals surface area (Å²) in [5, 5.41) is 0. The van der Waals surface area contributed by atoms with Crippen molar-refractivity contribution in [3.63, 3.8) is 0 Å². The molecule has 1 heterocycles. The zero-order valence-electron chi connectivity index (χ0n) is 31.8. The van der Waals surface area contributed by atoms with E-state index >= 15 is 0 Å². The molecule has 1 aromatic heterocycles. The number of carbonyl (C=O) groups is 2. The number of nitrogens with two attached hydrogens (primary N) is 1. The van der Waals surface area contributed by atoms with Crippen LogP contribution in [-0.2, 0) is 25.7 Å². The summed E-state index contributed by atoms with van der Waals surface area (Å²) in [6.45, 7) is 24.9. The van der Waals surface area contributed by atoms with Crippen LogP contribution in [0.1, 0.15) is 142 Å². The van der Waals surface area contributed by atoms with E-state index in [1.165, 1.54) is 0 Å². The third-order valence-electron chi connectivity index (χ3n) is 15.5. The topological polar surface area (TPSA) is 104 Å². The van der Waals surface area contributed by atoms with E-state index < -0.39 is 11.5 Å². The molecule has 0 radical (unpaired) electrons. The predicted molar refractivity (Wildman–Crippen MR) is 189 cm³/mol. The normalized spacial score (nSPS) is 40.2. The highest BCUT2D eigenvalue weighted by atomic mass is 16.5. The van der Waals surface area contributed by atoms with Gasteiger partial charge < -0.3 is 15.2 Å². The van der Waals surface area contributed by atoms with Gasteiger partial charge in [0.25, 0.3) is 0 Å². The number of allylic oxidation sites excluding steroid dienone is 2. The van der Waals surface area contributed by atoms with E-state index in [9.17, 15) is 9.59 Å². The van der Waals surface area contributed by atoms with Crippen LogP contribution in [0, 0.1) is 71.0 Å². The van der Waals surface area contributed by atoms with Crippen molar-refractivity contribution in [2.75, 3.05) is 0 Å². The Hall–Kier alpha value is -2.28. The molecule has 5 aliphatic rings. The van der Waals surface area contributed by atoms with Crippen LogP contribution in [0.5, 0.6) is 0 Å². The van der Waals surface area contributed by atoms with Gasteiger partial charge in [-0.2, -0.15) is 0 Å². The predicted octanol–water partition coefficient (Wildman–Crippen LogP) is 8.51.